The van der Waals surface area contributed by atoms with Gasteiger partial charge in [-0.05, 0) is 62.4 Å². The molecule has 0 nitrogen and oxygen atoms in total. The topological polar surface area (TPSA) is 0 Å². The van der Waals surface area contributed by atoms with Gasteiger partial charge in [-0.1, -0.05) is 20.8 Å². The highest BCUT2D eigenvalue weighted by Gasteiger charge is 2.18. The first kappa shape index (κ1) is 13.6. The van der Waals surface area contributed by atoms with E-state index in [1.54, 1.807) is 0 Å². The van der Waals surface area contributed by atoms with Crippen molar-refractivity contribution < 1.29 is 0 Å². The van der Waals surface area contributed by atoms with Crippen molar-refractivity contribution in [2.24, 2.45) is 0 Å². The van der Waals surface area contributed by atoms with Crippen LogP contribution in [0.1, 0.15) is 48.6 Å². The minimum absolute atomic E-state index is 0.281. The van der Waals surface area contributed by atoms with E-state index in [0.717, 1.165) is 0 Å². The highest BCUT2D eigenvalue weighted by Crippen LogP contribution is 2.39. The van der Waals surface area contributed by atoms with Crippen LogP contribution in [0.4, 0.5) is 0 Å². The van der Waals surface area contributed by atoms with E-state index in [1.165, 1.54) is 32.7 Å². The zero-order valence-electron chi connectivity index (χ0n) is 11.9. The summed E-state index contributed by atoms with van der Waals surface area (Å²) in [6, 6.07) is 0. The van der Waals surface area contributed by atoms with E-state index in [-0.39, 0.29) is 4.75 Å². The molecular formula is C15H24S. The van der Waals surface area contributed by atoms with E-state index in [0.29, 0.717) is 0 Å². The Morgan fingerprint density at radius 3 is 1.25 bits per heavy atom. The molecular weight excluding hydrogens is 212 g/mol. The fraction of sp³-hybridized carbons (Fsp3) is 0.600. The average molecular weight is 236 g/mol. The van der Waals surface area contributed by atoms with Crippen LogP contribution in [0.25, 0.3) is 0 Å². The van der Waals surface area contributed by atoms with Gasteiger partial charge in [0.25, 0.3) is 0 Å². The minimum Gasteiger partial charge on any atom is -0.120 e. The van der Waals surface area contributed by atoms with E-state index >= 15 is 0 Å². The molecule has 1 rings (SSSR count). The molecule has 0 aliphatic carbocycles. The van der Waals surface area contributed by atoms with Crippen molar-refractivity contribution in [3.05, 3.63) is 27.8 Å². The number of hydrogen-bond donors (Lipinski definition) is 0. The van der Waals surface area contributed by atoms with Gasteiger partial charge in [0.05, 0.1) is 0 Å². The van der Waals surface area contributed by atoms with Gasteiger partial charge in [0, 0.05) is 9.64 Å². The number of rotatable bonds is 1. The van der Waals surface area contributed by atoms with Gasteiger partial charge in [-0.2, -0.15) is 0 Å². The number of benzene rings is 1. The molecule has 0 amide bonds. The van der Waals surface area contributed by atoms with Crippen LogP contribution in [0.3, 0.4) is 0 Å². The lowest BCUT2D eigenvalue weighted by Gasteiger charge is -2.24. The Morgan fingerprint density at radius 2 is 0.938 bits per heavy atom. The second-order valence-electron chi connectivity index (χ2n) is 5.67. The predicted molar refractivity (Wildman–Crippen MR) is 75.7 cm³/mol. The number of thioether (sulfide) groups is 1. The summed E-state index contributed by atoms with van der Waals surface area (Å²) in [4.78, 5) is 1.48. The van der Waals surface area contributed by atoms with E-state index in [9.17, 15) is 0 Å². The summed E-state index contributed by atoms with van der Waals surface area (Å²) in [5, 5.41) is 0. The Bertz CT molecular complexity index is 379. The van der Waals surface area contributed by atoms with Crippen molar-refractivity contribution in [2.45, 2.75) is 65.0 Å². The third-order valence-corrected chi connectivity index (χ3v) is 4.77. The quantitative estimate of drug-likeness (QED) is 0.610. The van der Waals surface area contributed by atoms with Crippen LogP contribution < -0.4 is 0 Å². The summed E-state index contributed by atoms with van der Waals surface area (Å²) < 4.78 is 0.281. The van der Waals surface area contributed by atoms with Crippen LogP contribution in [0.15, 0.2) is 4.90 Å². The molecule has 0 saturated heterocycles. The SMILES string of the molecule is Cc1c(C)c(C)c(SC(C)(C)C)c(C)c1C. The van der Waals surface area contributed by atoms with Crippen molar-refractivity contribution in [1.29, 1.82) is 0 Å². The first-order valence-electron chi connectivity index (χ1n) is 5.91. The van der Waals surface area contributed by atoms with Crippen molar-refractivity contribution in [1.82, 2.24) is 0 Å². The molecule has 0 unspecified atom stereocenters. The third-order valence-electron chi connectivity index (χ3n) is 3.34. The van der Waals surface area contributed by atoms with Gasteiger partial charge in [-0.15, -0.1) is 11.8 Å². The predicted octanol–water partition coefficient (Wildman–Crippen LogP) is 5.12. The van der Waals surface area contributed by atoms with Gasteiger partial charge in [0.1, 0.15) is 0 Å². The molecule has 0 aromatic heterocycles. The lowest BCUT2D eigenvalue weighted by molar-refractivity contribution is 0.801. The van der Waals surface area contributed by atoms with Gasteiger partial charge in [-0.25, -0.2) is 0 Å². The maximum atomic E-state index is 2.28. The van der Waals surface area contributed by atoms with Crippen LogP contribution in [0.5, 0.6) is 0 Å². The van der Waals surface area contributed by atoms with E-state index < -0.39 is 0 Å². The van der Waals surface area contributed by atoms with Gasteiger partial charge >= 0.3 is 0 Å². The lowest BCUT2D eigenvalue weighted by Crippen LogP contribution is -2.09. The fourth-order valence-corrected chi connectivity index (χ4v) is 3.15. The molecule has 1 heteroatoms. The molecule has 1 aromatic rings. The molecule has 0 saturated carbocycles. The van der Waals surface area contributed by atoms with E-state index in [4.69, 9.17) is 0 Å². The standard InChI is InChI=1S/C15H24S/c1-9-10(2)12(4)14(13(5)11(9)3)16-15(6,7)8/h1-8H3. The summed E-state index contributed by atoms with van der Waals surface area (Å²) in [5.74, 6) is 0. The normalized spacial score (nSPS) is 12.0. The second-order valence-corrected chi connectivity index (χ2v) is 7.51. The first-order valence-corrected chi connectivity index (χ1v) is 6.72. The molecule has 0 heterocycles. The Kier molecular flexibility index (Phi) is 3.79. The van der Waals surface area contributed by atoms with E-state index in [1.807, 2.05) is 11.8 Å². The maximum absolute atomic E-state index is 2.28. The summed E-state index contributed by atoms with van der Waals surface area (Å²) in [6.45, 7) is 18.1. The molecule has 0 aliphatic heterocycles. The molecule has 0 spiro atoms. The van der Waals surface area contributed by atoms with Crippen molar-refractivity contribution in [2.75, 3.05) is 0 Å². The van der Waals surface area contributed by atoms with Gasteiger partial charge < -0.3 is 0 Å². The Labute approximate surface area is 105 Å². The molecule has 0 atom stereocenters. The molecule has 0 bridgehead atoms. The zero-order valence-corrected chi connectivity index (χ0v) is 12.7. The zero-order chi connectivity index (χ0) is 12.7. The molecule has 0 fully saturated rings. The Morgan fingerprint density at radius 1 is 0.625 bits per heavy atom. The molecule has 0 aliphatic rings. The van der Waals surface area contributed by atoms with Crippen molar-refractivity contribution >= 4 is 11.8 Å². The molecule has 0 radical (unpaired) electrons. The minimum atomic E-state index is 0.281. The lowest BCUT2D eigenvalue weighted by atomic mass is 9.95. The van der Waals surface area contributed by atoms with Crippen LogP contribution in [-0.4, -0.2) is 4.75 Å². The fourth-order valence-electron chi connectivity index (χ4n) is 1.92. The van der Waals surface area contributed by atoms with Crippen LogP contribution in [-0.2, 0) is 0 Å². The van der Waals surface area contributed by atoms with Crippen LogP contribution in [0, 0.1) is 34.6 Å². The highest BCUT2D eigenvalue weighted by molar-refractivity contribution is 8.00. The van der Waals surface area contributed by atoms with Crippen molar-refractivity contribution in [3.8, 4) is 0 Å². The third kappa shape index (κ3) is 2.63. The second kappa shape index (κ2) is 4.44. The monoisotopic (exact) mass is 236 g/mol. The molecule has 90 valence electrons. The van der Waals surface area contributed by atoms with Gasteiger partial charge in [0.2, 0.25) is 0 Å². The van der Waals surface area contributed by atoms with Gasteiger partial charge in [-0.3, -0.25) is 0 Å². The largest absolute Gasteiger partial charge is 0.120 e. The Balaban J connectivity index is 3.40. The first-order chi connectivity index (χ1) is 7.15. The average Bonchev–Trinajstić information content (AvgIpc) is 2.17. The summed E-state index contributed by atoms with van der Waals surface area (Å²) >= 11 is 1.99. The molecule has 1 aromatic carbocycles. The Hall–Kier alpha value is -0.430. The van der Waals surface area contributed by atoms with Crippen LogP contribution >= 0.6 is 11.8 Å². The molecule has 16 heavy (non-hydrogen) atoms. The maximum Gasteiger partial charge on any atom is 0.0141 e. The van der Waals surface area contributed by atoms with Gasteiger partial charge in [0.15, 0.2) is 0 Å². The summed E-state index contributed by atoms with van der Waals surface area (Å²) in [7, 11) is 0. The summed E-state index contributed by atoms with van der Waals surface area (Å²) in [5.41, 5.74) is 7.28. The summed E-state index contributed by atoms with van der Waals surface area (Å²) in [6.07, 6.45) is 0. The smallest absolute Gasteiger partial charge is 0.0141 e. The highest BCUT2D eigenvalue weighted by atomic mass is 32.2. The van der Waals surface area contributed by atoms with Crippen molar-refractivity contribution in [3.63, 3.8) is 0 Å². The van der Waals surface area contributed by atoms with Crippen LogP contribution in [0.2, 0.25) is 0 Å². The van der Waals surface area contributed by atoms with E-state index in [2.05, 4.69) is 55.4 Å². The molecule has 0 N–H and O–H groups in total. The number of hydrogen-bond acceptors (Lipinski definition) is 1.